The van der Waals surface area contributed by atoms with E-state index in [1.165, 1.54) is 22.3 Å². The van der Waals surface area contributed by atoms with Gasteiger partial charge in [0.2, 0.25) is 0 Å². The van der Waals surface area contributed by atoms with Crippen LogP contribution in [0.4, 0.5) is 0 Å². The van der Waals surface area contributed by atoms with Gasteiger partial charge in [0.15, 0.2) is 0 Å². The fraction of sp³-hybridized carbons (Fsp3) is 0.333. The second-order valence-electron chi connectivity index (χ2n) is 5.70. The number of ether oxygens (including phenoxy) is 1. The van der Waals surface area contributed by atoms with E-state index in [1.54, 1.807) is 0 Å². The van der Waals surface area contributed by atoms with Gasteiger partial charge in [0.05, 0.1) is 6.10 Å². The first-order valence-corrected chi connectivity index (χ1v) is 7.13. The maximum absolute atomic E-state index is 9.80. The molecule has 104 valence electrons. The summed E-state index contributed by atoms with van der Waals surface area (Å²) in [6, 6.07) is 12.5. The summed E-state index contributed by atoms with van der Waals surface area (Å²) in [6.45, 7) is 4.80. The van der Waals surface area contributed by atoms with Crippen LogP contribution in [0.15, 0.2) is 36.4 Å². The summed E-state index contributed by atoms with van der Waals surface area (Å²) in [5, 5.41) is 9.80. The van der Waals surface area contributed by atoms with Gasteiger partial charge in [-0.1, -0.05) is 35.4 Å². The first-order valence-electron chi connectivity index (χ1n) is 7.13. The van der Waals surface area contributed by atoms with Gasteiger partial charge in [0.25, 0.3) is 0 Å². The van der Waals surface area contributed by atoms with E-state index in [9.17, 15) is 5.11 Å². The maximum Gasteiger partial charge on any atom is 0.120 e. The average molecular weight is 268 g/mol. The number of fused-ring (bicyclic) bond motifs is 1. The Kier molecular flexibility index (Phi) is 3.49. The molecule has 20 heavy (non-hydrogen) atoms. The number of aryl methyl sites for hydroxylation is 3. The zero-order valence-electron chi connectivity index (χ0n) is 12.0. The Hall–Kier alpha value is -1.80. The fourth-order valence-electron chi connectivity index (χ4n) is 2.98. The summed E-state index contributed by atoms with van der Waals surface area (Å²) in [5.41, 5.74) is 6.00. The highest BCUT2D eigenvalue weighted by molar-refractivity contribution is 5.40. The molecule has 0 saturated heterocycles. The van der Waals surface area contributed by atoms with Gasteiger partial charge in [-0.3, -0.25) is 0 Å². The summed E-state index contributed by atoms with van der Waals surface area (Å²) < 4.78 is 5.88. The molecule has 1 N–H and O–H groups in total. The minimum absolute atomic E-state index is 0.293. The molecular formula is C18H20O2. The molecule has 0 heterocycles. The zero-order valence-corrected chi connectivity index (χ0v) is 12.0. The van der Waals surface area contributed by atoms with Crippen molar-refractivity contribution in [3.63, 3.8) is 0 Å². The molecule has 2 nitrogen and oxygen atoms in total. The lowest BCUT2D eigenvalue weighted by Gasteiger charge is -2.10. The SMILES string of the molecule is Cc1cc(C)cc(COc2ccc3c(c2)CC[C@@H]3O)c1. The van der Waals surface area contributed by atoms with Crippen molar-refractivity contribution < 1.29 is 9.84 Å². The van der Waals surface area contributed by atoms with Gasteiger partial charge in [0, 0.05) is 0 Å². The summed E-state index contributed by atoms with van der Waals surface area (Å²) in [4.78, 5) is 0. The zero-order chi connectivity index (χ0) is 14.1. The summed E-state index contributed by atoms with van der Waals surface area (Å²) in [5.74, 6) is 0.886. The van der Waals surface area contributed by atoms with Gasteiger partial charge in [-0.2, -0.15) is 0 Å². The minimum atomic E-state index is -0.293. The van der Waals surface area contributed by atoms with Crippen molar-refractivity contribution in [2.75, 3.05) is 0 Å². The molecule has 2 aromatic rings. The minimum Gasteiger partial charge on any atom is -0.489 e. The number of hydrogen-bond donors (Lipinski definition) is 1. The Bertz CT molecular complexity index is 611. The molecular weight excluding hydrogens is 248 g/mol. The molecule has 0 aromatic heterocycles. The first-order chi connectivity index (χ1) is 9.61. The van der Waals surface area contributed by atoms with Gasteiger partial charge in [-0.15, -0.1) is 0 Å². The molecule has 0 unspecified atom stereocenters. The van der Waals surface area contributed by atoms with Crippen molar-refractivity contribution in [1.82, 2.24) is 0 Å². The van der Waals surface area contributed by atoms with Crippen molar-refractivity contribution in [2.45, 2.75) is 39.4 Å². The largest absolute Gasteiger partial charge is 0.489 e. The second kappa shape index (κ2) is 5.29. The lowest BCUT2D eigenvalue weighted by molar-refractivity contribution is 0.180. The van der Waals surface area contributed by atoms with E-state index < -0.39 is 0 Å². The number of benzene rings is 2. The number of aliphatic hydroxyl groups is 1. The van der Waals surface area contributed by atoms with E-state index in [2.05, 4.69) is 38.1 Å². The van der Waals surface area contributed by atoms with Crippen LogP contribution in [0, 0.1) is 13.8 Å². The Morgan fingerprint density at radius 1 is 1.10 bits per heavy atom. The predicted octanol–water partition coefficient (Wildman–Crippen LogP) is 3.86. The van der Waals surface area contributed by atoms with E-state index in [0.29, 0.717) is 6.61 Å². The normalized spacial score (nSPS) is 17.1. The van der Waals surface area contributed by atoms with Crippen molar-refractivity contribution >= 4 is 0 Å². The Morgan fingerprint density at radius 3 is 2.60 bits per heavy atom. The molecule has 0 amide bonds. The number of hydrogen-bond acceptors (Lipinski definition) is 2. The van der Waals surface area contributed by atoms with Crippen LogP contribution >= 0.6 is 0 Å². The molecule has 0 bridgehead atoms. The highest BCUT2D eigenvalue weighted by Gasteiger charge is 2.20. The molecule has 2 aromatic carbocycles. The topological polar surface area (TPSA) is 29.5 Å². The van der Waals surface area contributed by atoms with Crippen molar-refractivity contribution in [1.29, 1.82) is 0 Å². The van der Waals surface area contributed by atoms with E-state index in [0.717, 1.165) is 24.2 Å². The van der Waals surface area contributed by atoms with Crippen LogP contribution in [0.1, 0.15) is 40.3 Å². The van der Waals surface area contributed by atoms with Crippen LogP contribution in [0.5, 0.6) is 5.75 Å². The lowest BCUT2D eigenvalue weighted by Crippen LogP contribution is -1.98. The third-order valence-corrected chi connectivity index (χ3v) is 3.85. The van der Waals surface area contributed by atoms with Gasteiger partial charge in [-0.25, -0.2) is 0 Å². The predicted molar refractivity (Wildman–Crippen MR) is 80.0 cm³/mol. The van der Waals surface area contributed by atoms with E-state index in [1.807, 2.05) is 12.1 Å². The molecule has 0 spiro atoms. The summed E-state index contributed by atoms with van der Waals surface area (Å²) >= 11 is 0. The molecule has 0 radical (unpaired) electrons. The van der Waals surface area contributed by atoms with Crippen LogP contribution in [0.2, 0.25) is 0 Å². The molecule has 2 heteroatoms. The van der Waals surface area contributed by atoms with Gasteiger partial charge in [0.1, 0.15) is 12.4 Å². The van der Waals surface area contributed by atoms with Crippen LogP contribution in [-0.2, 0) is 13.0 Å². The summed E-state index contributed by atoms with van der Waals surface area (Å²) in [7, 11) is 0. The quantitative estimate of drug-likeness (QED) is 0.916. The van der Waals surface area contributed by atoms with Gasteiger partial charge < -0.3 is 9.84 Å². The third-order valence-electron chi connectivity index (χ3n) is 3.85. The molecule has 0 fully saturated rings. The van der Waals surface area contributed by atoms with Crippen molar-refractivity contribution in [3.05, 3.63) is 64.2 Å². The third kappa shape index (κ3) is 2.70. The lowest BCUT2D eigenvalue weighted by atomic mass is 10.1. The van der Waals surface area contributed by atoms with Crippen LogP contribution < -0.4 is 4.74 Å². The van der Waals surface area contributed by atoms with E-state index in [-0.39, 0.29) is 6.10 Å². The smallest absolute Gasteiger partial charge is 0.120 e. The highest BCUT2D eigenvalue weighted by Crippen LogP contribution is 2.33. The fourth-order valence-corrected chi connectivity index (χ4v) is 2.98. The van der Waals surface area contributed by atoms with Crippen LogP contribution in [0.25, 0.3) is 0 Å². The molecule has 0 aliphatic heterocycles. The molecule has 1 atom stereocenters. The van der Waals surface area contributed by atoms with E-state index >= 15 is 0 Å². The maximum atomic E-state index is 9.80. The molecule has 3 rings (SSSR count). The van der Waals surface area contributed by atoms with Crippen molar-refractivity contribution in [2.24, 2.45) is 0 Å². The summed E-state index contributed by atoms with van der Waals surface area (Å²) in [6.07, 6.45) is 1.48. The first kappa shape index (κ1) is 13.2. The van der Waals surface area contributed by atoms with Crippen LogP contribution in [-0.4, -0.2) is 5.11 Å². The Labute approximate surface area is 120 Å². The Morgan fingerprint density at radius 2 is 1.85 bits per heavy atom. The second-order valence-corrected chi connectivity index (χ2v) is 5.70. The average Bonchev–Trinajstić information content (AvgIpc) is 2.77. The van der Waals surface area contributed by atoms with Gasteiger partial charge >= 0.3 is 0 Å². The monoisotopic (exact) mass is 268 g/mol. The van der Waals surface area contributed by atoms with Gasteiger partial charge in [-0.05, 0) is 55.5 Å². The van der Waals surface area contributed by atoms with Crippen LogP contribution in [0.3, 0.4) is 0 Å². The molecule has 1 aliphatic carbocycles. The van der Waals surface area contributed by atoms with E-state index in [4.69, 9.17) is 4.74 Å². The van der Waals surface area contributed by atoms with Crippen molar-refractivity contribution in [3.8, 4) is 5.75 Å². The highest BCUT2D eigenvalue weighted by atomic mass is 16.5. The Balaban J connectivity index is 1.72. The standard InChI is InChI=1S/C18H20O2/c1-12-7-13(2)9-14(8-12)11-20-16-4-5-17-15(10-16)3-6-18(17)19/h4-5,7-10,18-19H,3,6,11H2,1-2H3/t18-/m0/s1. The molecule has 0 saturated carbocycles. The number of rotatable bonds is 3. The number of aliphatic hydroxyl groups excluding tert-OH is 1. The molecule has 1 aliphatic rings.